The predicted molar refractivity (Wildman–Crippen MR) is 112 cm³/mol. The fourth-order valence-electron chi connectivity index (χ4n) is 4.36. The van der Waals surface area contributed by atoms with E-state index < -0.39 is 0 Å². The molecule has 0 radical (unpaired) electrons. The Morgan fingerprint density at radius 1 is 1.07 bits per heavy atom. The lowest BCUT2D eigenvalue weighted by atomic mass is 9.88. The molecule has 1 aliphatic carbocycles. The highest BCUT2D eigenvalue weighted by Crippen LogP contribution is 2.40. The van der Waals surface area contributed by atoms with Crippen molar-refractivity contribution >= 4 is 33.2 Å². The highest BCUT2D eigenvalue weighted by atomic mass is 32.1. The second-order valence-electron chi connectivity index (χ2n) is 7.84. The second-order valence-corrected chi connectivity index (χ2v) is 8.92. The normalized spacial score (nSPS) is 20.1. The molecular formula is C21H25N5S. The van der Waals surface area contributed by atoms with E-state index in [2.05, 4.69) is 51.8 Å². The van der Waals surface area contributed by atoms with Crippen molar-refractivity contribution < 1.29 is 0 Å². The third-order valence-corrected chi connectivity index (χ3v) is 7.04. The highest BCUT2D eigenvalue weighted by molar-refractivity contribution is 7.19. The minimum Gasteiger partial charge on any atom is -0.353 e. The number of aryl methyl sites for hydroxylation is 2. The predicted octanol–water partition coefficient (Wildman–Crippen LogP) is 3.85. The molecule has 4 heterocycles. The lowest BCUT2D eigenvalue weighted by Gasteiger charge is -2.36. The average Bonchev–Trinajstić information content (AvgIpc) is 3.06. The van der Waals surface area contributed by atoms with E-state index in [1.54, 1.807) is 6.33 Å². The summed E-state index contributed by atoms with van der Waals surface area (Å²) in [5.41, 5.74) is 2.60. The molecule has 3 aromatic rings. The number of nitrogens with zero attached hydrogens (tertiary/aromatic N) is 5. The maximum Gasteiger partial charge on any atom is 0.141 e. The van der Waals surface area contributed by atoms with Crippen molar-refractivity contribution in [2.45, 2.75) is 33.1 Å². The van der Waals surface area contributed by atoms with Crippen molar-refractivity contribution in [3.05, 3.63) is 40.7 Å². The summed E-state index contributed by atoms with van der Waals surface area (Å²) in [6.07, 6.45) is 5.41. The first-order valence-corrected chi connectivity index (χ1v) is 10.7. The molecule has 5 rings (SSSR count). The van der Waals surface area contributed by atoms with Gasteiger partial charge in [-0.3, -0.25) is 0 Å². The number of rotatable bonds is 2. The van der Waals surface area contributed by atoms with Gasteiger partial charge in [-0.2, -0.15) is 0 Å². The molecule has 0 bridgehead atoms. The van der Waals surface area contributed by atoms with E-state index in [1.807, 2.05) is 11.3 Å². The molecule has 140 valence electrons. The average molecular weight is 380 g/mol. The van der Waals surface area contributed by atoms with Crippen molar-refractivity contribution in [3.8, 4) is 0 Å². The van der Waals surface area contributed by atoms with E-state index in [9.17, 15) is 0 Å². The van der Waals surface area contributed by atoms with Gasteiger partial charge in [0, 0.05) is 36.8 Å². The first-order chi connectivity index (χ1) is 13.2. The molecule has 0 amide bonds. The lowest BCUT2D eigenvalue weighted by molar-refractivity contribution is 0.508. The number of hydrogen-bond donors (Lipinski definition) is 0. The number of pyridine rings is 1. The second kappa shape index (κ2) is 6.75. The number of thiophene rings is 1. The zero-order chi connectivity index (χ0) is 18.4. The third-order valence-electron chi connectivity index (χ3n) is 5.84. The molecule has 0 N–H and O–H groups in total. The molecule has 27 heavy (non-hydrogen) atoms. The van der Waals surface area contributed by atoms with Gasteiger partial charge in [-0.15, -0.1) is 11.3 Å². The Labute approximate surface area is 164 Å². The lowest BCUT2D eigenvalue weighted by Crippen LogP contribution is -2.47. The van der Waals surface area contributed by atoms with Crippen LogP contribution in [-0.2, 0) is 12.8 Å². The van der Waals surface area contributed by atoms with Crippen LogP contribution in [0.15, 0.2) is 24.5 Å². The SMILES string of the molecule is Cc1cccc(N2CCN(c3ncnc4sc5c(c34)CC(C)CC5)CC2)n1. The Bertz CT molecular complexity index is 974. The highest BCUT2D eigenvalue weighted by Gasteiger charge is 2.26. The molecule has 1 unspecified atom stereocenters. The van der Waals surface area contributed by atoms with Gasteiger partial charge in [-0.1, -0.05) is 13.0 Å². The fourth-order valence-corrected chi connectivity index (χ4v) is 5.54. The Morgan fingerprint density at radius 3 is 2.70 bits per heavy atom. The maximum absolute atomic E-state index is 4.74. The van der Waals surface area contributed by atoms with Crippen LogP contribution in [0.4, 0.5) is 11.6 Å². The summed E-state index contributed by atoms with van der Waals surface area (Å²) in [6.45, 7) is 8.32. The first kappa shape index (κ1) is 16.9. The summed E-state index contributed by atoms with van der Waals surface area (Å²) in [5, 5.41) is 1.33. The van der Waals surface area contributed by atoms with Crippen LogP contribution in [-0.4, -0.2) is 41.1 Å². The van der Waals surface area contributed by atoms with Crippen LogP contribution in [0.2, 0.25) is 0 Å². The van der Waals surface area contributed by atoms with Crippen molar-refractivity contribution in [1.29, 1.82) is 0 Å². The van der Waals surface area contributed by atoms with Gasteiger partial charge < -0.3 is 9.80 Å². The van der Waals surface area contributed by atoms with Crippen LogP contribution in [0.25, 0.3) is 10.2 Å². The number of anilines is 2. The molecule has 1 saturated heterocycles. The Morgan fingerprint density at radius 2 is 1.89 bits per heavy atom. The topological polar surface area (TPSA) is 45.2 Å². The van der Waals surface area contributed by atoms with Gasteiger partial charge in [-0.05, 0) is 49.8 Å². The van der Waals surface area contributed by atoms with Gasteiger partial charge in [0.15, 0.2) is 0 Å². The summed E-state index contributed by atoms with van der Waals surface area (Å²) >= 11 is 1.88. The zero-order valence-electron chi connectivity index (χ0n) is 16.0. The Balaban J connectivity index is 1.43. The summed E-state index contributed by atoms with van der Waals surface area (Å²) in [6, 6.07) is 6.26. The standard InChI is InChI=1S/C21H25N5S/c1-14-6-7-17-16(12-14)19-20(22-13-23-21(19)27-17)26-10-8-25(9-11-26)18-5-3-4-15(2)24-18/h3-5,13-14H,6-12H2,1-2H3. The van der Waals surface area contributed by atoms with Crippen molar-refractivity contribution in [2.24, 2.45) is 5.92 Å². The van der Waals surface area contributed by atoms with Crippen LogP contribution in [0, 0.1) is 12.8 Å². The zero-order valence-corrected chi connectivity index (χ0v) is 16.8. The summed E-state index contributed by atoms with van der Waals surface area (Å²) < 4.78 is 0. The van der Waals surface area contributed by atoms with Crippen molar-refractivity contribution in [2.75, 3.05) is 36.0 Å². The third kappa shape index (κ3) is 3.06. The van der Waals surface area contributed by atoms with Gasteiger partial charge in [0.1, 0.15) is 22.8 Å². The van der Waals surface area contributed by atoms with E-state index in [0.717, 1.165) is 49.4 Å². The largest absolute Gasteiger partial charge is 0.353 e. The smallest absolute Gasteiger partial charge is 0.141 e. The van der Waals surface area contributed by atoms with E-state index in [4.69, 9.17) is 4.98 Å². The molecule has 6 heteroatoms. The summed E-state index contributed by atoms with van der Waals surface area (Å²) in [4.78, 5) is 21.6. The molecule has 0 aromatic carbocycles. The molecule has 3 aromatic heterocycles. The molecular weight excluding hydrogens is 354 g/mol. The van der Waals surface area contributed by atoms with E-state index in [-0.39, 0.29) is 0 Å². The van der Waals surface area contributed by atoms with Crippen LogP contribution in [0.5, 0.6) is 0 Å². The van der Waals surface area contributed by atoms with Crippen molar-refractivity contribution in [3.63, 3.8) is 0 Å². The number of hydrogen-bond acceptors (Lipinski definition) is 6. The number of fused-ring (bicyclic) bond motifs is 3. The minimum atomic E-state index is 0.757. The molecule has 1 fully saturated rings. The first-order valence-electron chi connectivity index (χ1n) is 9.88. The van der Waals surface area contributed by atoms with Gasteiger partial charge >= 0.3 is 0 Å². The van der Waals surface area contributed by atoms with Crippen LogP contribution in [0.1, 0.15) is 29.5 Å². The molecule has 2 aliphatic rings. The minimum absolute atomic E-state index is 0.757. The van der Waals surface area contributed by atoms with Crippen LogP contribution >= 0.6 is 11.3 Å². The Kier molecular flexibility index (Phi) is 4.23. The molecule has 0 spiro atoms. The van der Waals surface area contributed by atoms with E-state index >= 15 is 0 Å². The van der Waals surface area contributed by atoms with Crippen LogP contribution in [0.3, 0.4) is 0 Å². The van der Waals surface area contributed by atoms with Gasteiger partial charge in [-0.25, -0.2) is 15.0 Å². The van der Waals surface area contributed by atoms with E-state index in [0.29, 0.717) is 0 Å². The van der Waals surface area contributed by atoms with Gasteiger partial charge in [0.05, 0.1) is 5.39 Å². The molecule has 0 saturated carbocycles. The van der Waals surface area contributed by atoms with Gasteiger partial charge in [0.25, 0.3) is 0 Å². The van der Waals surface area contributed by atoms with Crippen LogP contribution < -0.4 is 9.80 Å². The van der Waals surface area contributed by atoms with Crippen molar-refractivity contribution in [1.82, 2.24) is 15.0 Å². The summed E-state index contributed by atoms with van der Waals surface area (Å²) in [5.74, 6) is 2.99. The van der Waals surface area contributed by atoms with Gasteiger partial charge in [0.2, 0.25) is 0 Å². The molecule has 1 atom stereocenters. The fraction of sp³-hybridized carbons (Fsp3) is 0.476. The quantitative estimate of drug-likeness (QED) is 0.677. The Hall–Kier alpha value is -2.21. The number of piperazine rings is 1. The summed E-state index contributed by atoms with van der Waals surface area (Å²) in [7, 11) is 0. The molecule has 5 nitrogen and oxygen atoms in total. The molecule has 1 aliphatic heterocycles. The monoisotopic (exact) mass is 379 g/mol. The maximum atomic E-state index is 4.74. The number of aromatic nitrogens is 3. The van der Waals surface area contributed by atoms with E-state index in [1.165, 1.54) is 39.9 Å².